The van der Waals surface area contributed by atoms with Gasteiger partial charge in [0.15, 0.2) is 0 Å². The quantitative estimate of drug-likeness (QED) is 0.264. The van der Waals surface area contributed by atoms with Crippen LogP contribution in [0.4, 0.5) is 0 Å². The Labute approximate surface area is 126 Å². The van der Waals surface area contributed by atoms with Crippen molar-refractivity contribution in [3.05, 3.63) is 0 Å². The van der Waals surface area contributed by atoms with Gasteiger partial charge in [0.05, 0.1) is 0 Å². The summed E-state index contributed by atoms with van der Waals surface area (Å²) in [5.74, 6) is 0. The van der Waals surface area contributed by atoms with E-state index in [2.05, 4.69) is 16.7 Å². The van der Waals surface area contributed by atoms with Crippen LogP contribution < -0.4 is 29.6 Å². The molecule has 1 aliphatic rings. The van der Waals surface area contributed by atoms with Crippen LogP contribution in [0, 0.1) is 0 Å². The third kappa shape index (κ3) is 6.39. The van der Waals surface area contributed by atoms with E-state index in [1.165, 1.54) is 25.8 Å². The average molecular weight is 254 g/mol. The van der Waals surface area contributed by atoms with Crippen LogP contribution in [0.5, 0.6) is 0 Å². The maximum atomic E-state index is 4.98. The summed E-state index contributed by atoms with van der Waals surface area (Å²) >= 11 is 9.97. The first kappa shape index (κ1) is 16.1. The van der Waals surface area contributed by atoms with Gasteiger partial charge in [0.1, 0.15) is 0 Å². The van der Waals surface area contributed by atoms with Crippen molar-refractivity contribution in [2.45, 2.75) is 26.2 Å². The van der Waals surface area contributed by atoms with Crippen LogP contribution in [-0.4, -0.2) is 46.8 Å². The van der Waals surface area contributed by atoms with Crippen LogP contribution in [0.1, 0.15) is 26.2 Å². The van der Waals surface area contributed by atoms with Gasteiger partial charge in [-0.3, -0.25) is 4.90 Å². The van der Waals surface area contributed by atoms with Crippen LogP contribution in [-0.2, 0) is 12.6 Å². The molecule has 0 atom stereocenters. The van der Waals surface area contributed by atoms with Gasteiger partial charge in [-0.15, -0.1) is 0 Å². The zero-order chi connectivity index (χ0) is 10.4. The number of hydrogen-bond donors (Lipinski definition) is 0. The Morgan fingerprint density at radius 3 is 2.27 bits per heavy atom. The second kappa shape index (κ2) is 9.14. The summed E-state index contributed by atoms with van der Waals surface area (Å²) in [5.41, 5.74) is 0. The van der Waals surface area contributed by atoms with E-state index < -0.39 is 0 Å². The Kier molecular flexibility index (Phi) is 9.79. The Morgan fingerprint density at radius 1 is 1.20 bits per heavy atom. The van der Waals surface area contributed by atoms with E-state index in [9.17, 15) is 0 Å². The van der Waals surface area contributed by atoms with Crippen molar-refractivity contribution in [2.75, 3.05) is 32.7 Å². The molecule has 0 aliphatic carbocycles. The van der Waals surface area contributed by atoms with E-state index in [0.717, 1.165) is 26.2 Å². The molecule has 0 bridgehead atoms. The summed E-state index contributed by atoms with van der Waals surface area (Å²) < 4.78 is 0.637. The van der Waals surface area contributed by atoms with Crippen molar-refractivity contribution in [1.29, 1.82) is 0 Å². The molecule has 0 saturated carbocycles. The molecule has 0 spiro atoms. The normalized spacial score (nSPS) is 17.3. The topological polar surface area (TPSA) is 6.48 Å². The van der Waals surface area contributed by atoms with Crippen molar-refractivity contribution in [2.24, 2.45) is 0 Å². The minimum Gasteiger partial charge on any atom is -0.411 e. The summed E-state index contributed by atoms with van der Waals surface area (Å²) in [6.45, 7) is 7.78. The fraction of sp³-hybridized carbons (Fsp3) is 0.900. The third-order valence-corrected chi connectivity index (χ3v) is 3.22. The summed E-state index contributed by atoms with van der Waals surface area (Å²) in [7, 11) is 0. The third-order valence-electron chi connectivity index (χ3n) is 2.71. The predicted molar refractivity (Wildman–Crippen MR) is 67.5 cm³/mol. The molecule has 0 radical (unpaired) electrons. The zero-order valence-electron chi connectivity index (χ0n) is 9.87. The van der Waals surface area contributed by atoms with Gasteiger partial charge in [0, 0.05) is 26.2 Å². The summed E-state index contributed by atoms with van der Waals surface area (Å²) in [4.78, 5) is 4.64. The number of rotatable bonds is 4. The molecule has 2 nitrogen and oxygen atoms in total. The second-order valence-electron chi connectivity index (χ2n) is 3.80. The van der Waals surface area contributed by atoms with Crippen molar-refractivity contribution < 1.29 is 29.6 Å². The van der Waals surface area contributed by atoms with Gasteiger partial charge in [-0.05, 0) is 13.0 Å². The van der Waals surface area contributed by atoms with Gasteiger partial charge < -0.3 is 29.7 Å². The van der Waals surface area contributed by atoms with E-state index in [1.807, 2.05) is 0 Å². The Balaban J connectivity index is 0.00000196. The molecule has 1 saturated heterocycles. The molecule has 1 aliphatic heterocycles. The van der Waals surface area contributed by atoms with Gasteiger partial charge in [-0.2, -0.15) is 0 Å². The van der Waals surface area contributed by atoms with Crippen LogP contribution in [0.3, 0.4) is 0 Å². The molecule has 0 aromatic carbocycles. The fourth-order valence-corrected chi connectivity index (χ4v) is 2.10. The van der Waals surface area contributed by atoms with Crippen LogP contribution in [0.25, 0.3) is 0 Å². The fourth-order valence-electron chi connectivity index (χ4n) is 1.74. The summed E-state index contributed by atoms with van der Waals surface area (Å²) in [6.07, 6.45) is 3.98. The molecule has 0 aromatic rings. The largest absolute Gasteiger partial charge is 1.00 e. The average Bonchev–Trinajstić information content (AvgIpc) is 2.19. The number of hydrogen-bond acceptors (Lipinski definition) is 3. The van der Waals surface area contributed by atoms with E-state index in [1.54, 1.807) is 0 Å². The maximum absolute atomic E-state index is 4.98. The number of nitrogens with zero attached hydrogens (tertiary/aromatic N) is 2. The first-order chi connectivity index (χ1) is 6.74. The van der Waals surface area contributed by atoms with E-state index in [-0.39, 0.29) is 29.6 Å². The van der Waals surface area contributed by atoms with Gasteiger partial charge >= 0.3 is 29.6 Å². The molecule has 0 aromatic heterocycles. The molecule has 0 N–H and O–H groups in total. The Morgan fingerprint density at radius 2 is 1.80 bits per heavy atom. The molecule has 0 unspecified atom stereocenters. The van der Waals surface area contributed by atoms with Crippen molar-refractivity contribution in [3.63, 3.8) is 0 Å². The van der Waals surface area contributed by atoms with Gasteiger partial charge in [0.2, 0.25) is 0 Å². The second-order valence-corrected chi connectivity index (χ2v) is 4.83. The number of piperazine rings is 1. The minimum atomic E-state index is 0. The molecule has 1 fully saturated rings. The summed E-state index contributed by atoms with van der Waals surface area (Å²) in [5, 5.41) is 0. The molecular weight excluding hydrogens is 235 g/mol. The first-order valence-corrected chi connectivity index (χ1v) is 6.24. The molecule has 15 heavy (non-hydrogen) atoms. The van der Waals surface area contributed by atoms with E-state index in [0.29, 0.717) is 4.32 Å². The van der Waals surface area contributed by atoms with E-state index in [4.69, 9.17) is 24.8 Å². The SMILES string of the molecule is CCCCCN1CCN(C(=S)[S-])CC1.[Na+]. The first-order valence-electron chi connectivity index (χ1n) is 5.42. The predicted octanol–water partition coefficient (Wildman–Crippen LogP) is -1.37. The standard InChI is InChI=1S/C10H20N2S2.Na/c1-2-3-4-5-11-6-8-12(9-7-11)10(13)14;/h2-9H2,1H3,(H,13,14);/q;+1/p-1. The van der Waals surface area contributed by atoms with Crippen LogP contribution in [0.2, 0.25) is 0 Å². The number of thiocarbonyl (C=S) groups is 1. The molecule has 1 rings (SSSR count). The Hall–Kier alpha value is 1.07. The number of unbranched alkanes of at least 4 members (excludes halogenated alkanes) is 2. The molecule has 5 heteroatoms. The molecule has 1 heterocycles. The minimum absolute atomic E-state index is 0. The zero-order valence-corrected chi connectivity index (χ0v) is 13.5. The smallest absolute Gasteiger partial charge is 0.411 e. The monoisotopic (exact) mass is 254 g/mol. The Bertz CT molecular complexity index is 182. The molecule has 0 amide bonds. The summed E-state index contributed by atoms with van der Waals surface area (Å²) in [6, 6.07) is 0. The van der Waals surface area contributed by atoms with Gasteiger partial charge in [-0.25, -0.2) is 0 Å². The molecular formula is C10H19N2NaS2. The maximum Gasteiger partial charge on any atom is 1.00 e. The van der Waals surface area contributed by atoms with Crippen LogP contribution in [0.15, 0.2) is 0 Å². The van der Waals surface area contributed by atoms with Gasteiger partial charge in [0.25, 0.3) is 0 Å². The van der Waals surface area contributed by atoms with Crippen molar-refractivity contribution in [1.82, 2.24) is 9.80 Å². The van der Waals surface area contributed by atoms with Crippen molar-refractivity contribution >= 4 is 29.2 Å². The molecule has 82 valence electrons. The van der Waals surface area contributed by atoms with Crippen molar-refractivity contribution in [3.8, 4) is 0 Å². The van der Waals surface area contributed by atoms with Crippen LogP contribution >= 0.6 is 12.2 Å². The van der Waals surface area contributed by atoms with Gasteiger partial charge in [-0.1, -0.05) is 24.1 Å². The van der Waals surface area contributed by atoms with E-state index >= 15 is 0 Å².